The molecule has 92 valence electrons. The lowest BCUT2D eigenvalue weighted by atomic mass is 9.77. The first-order chi connectivity index (χ1) is 8.07. The number of nitrogens with two attached hydrogens (primary N) is 1. The quantitative estimate of drug-likeness (QED) is 0.886. The topological polar surface area (TPSA) is 26.0 Å². The van der Waals surface area contributed by atoms with Crippen LogP contribution in [0.5, 0.6) is 0 Å². The summed E-state index contributed by atoms with van der Waals surface area (Å²) in [5.41, 5.74) is 7.66. The lowest BCUT2D eigenvalue weighted by Crippen LogP contribution is -2.46. The summed E-state index contributed by atoms with van der Waals surface area (Å²) in [5, 5.41) is 0. The van der Waals surface area contributed by atoms with Gasteiger partial charge >= 0.3 is 0 Å². The largest absolute Gasteiger partial charge is 0.325 e. The van der Waals surface area contributed by atoms with Gasteiger partial charge in [0.1, 0.15) is 5.82 Å². The molecule has 0 heterocycles. The van der Waals surface area contributed by atoms with E-state index in [4.69, 9.17) is 5.73 Å². The van der Waals surface area contributed by atoms with Gasteiger partial charge in [-0.05, 0) is 71.1 Å². The average Bonchev–Trinajstić information content (AvgIpc) is 2.83. The van der Waals surface area contributed by atoms with Gasteiger partial charge in [0.15, 0.2) is 0 Å². The minimum absolute atomic E-state index is 0.0415. The molecule has 3 heteroatoms. The van der Waals surface area contributed by atoms with Gasteiger partial charge < -0.3 is 5.73 Å². The van der Waals surface area contributed by atoms with Crippen LogP contribution in [0, 0.1) is 17.7 Å². The molecule has 2 fully saturated rings. The maximum absolute atomic E-state index is 13.2. The van der Waals surface area contributed by atoms with Crippen LogP contribution in [0.15, 0.2) is 22.7 Å². The van der Waals surface area contributed by atoms with Crippen molar-refractivity contribution >= 4 is 15.9 Å². The van der Waals surface area contributed by atoms with Crippen molar-refractivity contribution in [1.82, 2.24) is 0 Å². The van der Waals surface area contributed by atoms with Crippen LogP contribution in [-0.2, 0) is 6.42 Å². The Kier molecular flexibility index (Phi) is 2.79. The SMILES string of the molecule is NC1(Cc2ccc(F)c(Br)c2)CC2CCC1C2. The molecule has 0 aromatic heterocycles. The number of hydrogen-bond acceptors (Lipinski definition) is 1. The maximum atomic E-state index is 13.2. The van der Waals surface area contributed by atoms with Crippen molar-refractivity contribution in [3.05, 3.63) is 34.1 Å². The summed E-state index contributed by atoms with van der Waals surface area (Å²) in [4.78, 5) is 0. The van der Waals surface area contributed by atoms with Crippen molar-refractivity contribution in [3.8, 4) is 0 Å². The van der Waals surface area contributed by atoms with Gasteiger partial charge in [0.2, 0.25) is 0 Å². The van der Waals surface area contributed by atoms with Gasteiger partial charge in [-0.1, -0.05) is 12.5 Å². The highest BCUT2D eigenvalue weighted by Crippen LogP contribution is 2.50. The minimum Gasteiger partial charge on any atom is -0.325 e. The summed E-state index contributed by atoms with van der Waals surface area (Å²) in [6, 6.07) is 5.26. The molecule has 17 heavy (non-hydrogen) atoms. The second-order valence-corrected chi connectivity index (χ2v) is 6.59. The Labute approximate surface area is 110 Å². The van der Waals surface area contributed by atoms with E-state index in [0.717, 1.165) is 24.3 Å². The average molecular weight is 298 g/mol. The van der Waals surface area contributed by atoms with Gasteiger partial charge in [-0.25, -0.2) is 4.39 Å². The summed E-state index contributed by atoms with van der Waals surface area (Å²) in [7, 11) is 0. The van der Waals surface area contributed by atoms with Crippen LogP contribution in [0.3, 0.4) is 0 Å². The lowest BCUT2D eigenvalue weighted by Gasteiger charge is -2.34. The van der Waals surface area contributed by atoms with Gasteiger partial charge in [0, 0.05) is 5.54 Å². The molecule has 2 aliphatic rings. The fraction of sp³-hybridized carbons (Fsp3) is 0.571. The second kappa shape index (κ2) is 4.06. The van der Waals surface area contributed by atoms with Gasteiger partial charge in [0.05, 0.1) is 4.47 Å². The van der Waals surface area contributed by atoms with E-state index in [-0.39, 0.29) is 11.4 Å². The van der Waals surface area contributed by atoms with E-state index >= 15 is 0 Å². The van der Waals surface area contributed by atoms with E-state index < -0.39 is 0 Å². The predicted molar refractivity (Wildman–Crippen MR) is 70.2 cm³/mol. The summed E-state index contributed by atoms with van der Waals surface area (Å²) >= 11 is 3.24. The number of halogens is 2. The van der Waals surface area contributed by atoms with Crippen LogP contribution >= 0.6 is 15.9 Å². The minimum atomic E-state index is -0.201. The molecule has 3 unspecified atom stereocenters. The smallest absolute Gasteiger partial charge is 0.137 e. The molecule has 3 rings (SSSR count). The molecule has 2 aliphatic carbocycles. The molecular formula is C14H17BrFN. The fourth-order valence-electron chi connectivity index (χ4n) is 3.73. The van der Waals surface area contributed by atoms with Crippen molar-refractivity contribution in [3.63, 3.8) is 0 Å². The summed E-state index contributed by atoms with van der Waals surface area (Å²) in [6.45, 7) is 0. The predicted octanol–water partition coefficient (Wildman–Crippen LogP) is 3.65. The van der Waals surface area contributed by atoms with E-state index in [9.17, 15) is 4.39 Å². The van der Waals surface area contributed by atoms with E-state index in [0.29, 0.717) is 10.4 Å². The Morgan fingerprint density at radius 1 is 1.41 bits per heavy atom. The third-order valence-corrected chi connectivity index (χ3v) is 5.15. The highest BCUT2D eigenvalue weighted by atomic mass is 79.9. The first kappa shape index (κ1) is 11.7. The van der Waals surface area contributed by atoms with Crippen molar-refractivity contribution < 1.29 is 4.39 Å². The highest BCUT2D eigenvalue weighted by molar-refractivity contribution is 9.10. The Morgan fingerprint density at radius 3 is 2.82 bits per heavy atom. The zero-order valence-electron chi connectivity index (χ0n) is 9.76. The molecule has 2 bridgehead atoms. The summed E-state index contributed by atoms with van der Waals surface area (Å²) < 4.78 is 13.7. The molecule has 3 atom stereocenters. The number of benzene rings is 1. The monoisotopic (exact) mass is 297 g/mol. The standard InChI is InChI=1S/C14H17BrFN/c15-12-6-10(2-4-13(12)16)8-14(17)7-9-1-3-11(14)5-9/h2,4,6,9,11H,1,3,5,7-8,17H2. The highest BCUT2D eigenvalue weighted by Gasteiger charge is 2.48. The van der Waals surface area contributed by atoms with Crippen LogP contribution in [-0.4, -0.2) is 5.54 Å². The number of hydrogen-bond donors (Lipinski definition) is 1. The van der Waals surface area contributed by atoms with E-state index in [1.807, 2.05) is 12.1 Å². The van der Waals surface area contributed by atoms with Gasteiger partial charge in [-0.3, -0.25) is 0 Å². The molecule has 1 nitrogen and oxygen atoms in total. The normalized spacial score (nSPS) is 35.5. The Bertz CT molecular complexity index is 448. The third kappa shape index (κ3) is 2.04. The van der Waals surface area contributed by atoms with Crippen LogP contribution in [0.4, 0.5) is 4.39 Å². The molecule has 1 aromatic carbocycles. The lowest BCUT2D eigenvalue weighted by molar-refractivity contribution is 0.269. The van der Waals surface area contributed by atoms with Crippen LogP contribution in [0.2, 0.25) is 0 Å². The Balaban J connectivity index is 1.80. The summed E-state index contributed by atoms with van der Waals surface area (Å²) in [6.07, 6.45) is 5.97. The Morgan fingerprint density at radius 2 is 2.24 bits per heavy atom. The molecule has 0 amide bonds. The van der Waals surface area contributed by atoms with E-state index in [2.05, 4.69) is 15.9 Å². The third-order valence-electron chi connectivity index (χ3n) is 4.54. The molecule has 2 saturated carbocycles. The molecule has 0 radical (unpaired) electrons. The van der Waals surface area contributed by atoms with Crippen molar-refractivity contribution in [2.24, 2.45) is 17.6 Å². The maximum Gasteiger partial charge on any atom is 0.137 e. The molecule has 2 N–H and O–H groups in total. The second-order valence-electron chi connectivity index (χ2n) is 5.74. The molecule has 0 aliphatic heterocycles. The van der Waals surface area contributed by atoms with Gasteiger partial charge in [0.25, 0.3) is 0 Å². The van der Waals surface area contributed by atoms with E-state index in [1.54, 1.807) is 0 Å². The zero-order chi connectivity index (χ0) is 12.0. The van der Waals surface area contributed by atoms with E-state index in [1.165, 1.54) is 25.3 Å². The molecule has 1 aromatic rings. The molecular weight excluding hydrogens is 281 g/mol. The molecule has 0 spiro atoms. The Hall–Kier alpha value is -0.410. The van der Waals surface area contributed by atoms with Crippen molar-refractivity contribution in [2.75, 3.05) is 0 Å². The van der Waals surface area contributed by atoms with Crippen LogP contribution < -0.4 is 5.73 Å². The van der Waals surface area contributed by atoms with Crippen LogP contribution in [0.25, 0.3) is 0 Å². The van der Waals surface area contributed by atoms with Gasteiger partial charge in [-0.2, -0.15) is 0 Å². The number of rotatable bonds is 2. The summed E-state index contributed by atoms with van der Waals surface area (Å²) in [5.74, 6) is 1.32. The molecule has 0 saturated heterocycles. The fourth-order valence-corrected chi connectivity index (χ4v) is 4.16. The first-order valence-electron chi connectivity index (χ1n) is 6.30. The van der Waals surface area contributed by atoms with Gasteiger partial charge in [-0.15, -0.1) is 0 Å². The zero-order valence-corrected chi connectivity index (χ0v) is 11.3. The van der Waals surface area contributed by atoms with Crippen molar-refractivity contribution in [1.29, 1.82) is 0 Å². The number of fused-ring (bicyclic) bond motifs is 2. The van der Waals surface area contributed by atoms with Crippen molar-refractivity contribution in [2.45, 2.75) is 37.6 Å². The first-order valence-corrected chi connectivity index (χ1v) is 7.09. The van der Waals surface area contributed by atoms with Crippen LogP contribution in [0.1, 0.15) is 31.2 Å².